The quantitative estimate of drug-likeness (QED) is 0.739. The van der Waals surface area contributed by atoms with Gasteiger partial charge in [0.05, 0.1) is 0 Å². The number of hydrogen-bond acceptors (Lipinski definition) is 4. The van der Waals surface area contributed by atoms with Gasteiger partial charge in [-0.05, 0) is 31.2 Å². The third-order valence-corrected chi connectivity index (χ3v) is 3.64. The molecule has 0 unspecified atom stereocenters. The molecular formula is C19H18N2O2. The zero-order chi connectivity index (χ0) is 16.4. The fourth-order valence-electron chi connectivity index (χ4n) is 2.29. The standard InChI is InChI=1S/C19H18N2O2/c1-13-4-6-14(7-5-13)17-12-18(22)20-19(23-17)15-8-10-16(11-9-15)21(2)3/h4-12H,1-3H3. The minimum absolute atomic E-state index is 0.307. The second-order valence-electron chi connectivity index (χ2n) is 5.67. The molecule has 0 fully saturated rings. The summed E-state index contributed by atoms with van der Waals surface area (Å²) in [5, 5.41) is 0. The van der Waals surface area contributed by atoms with Crippen LogP contribution in [0, 0.1) is 6.92 Å². The van der Waals surface area contributed by atoms with E-state index in [1.807, 2.05) is 74.4 Å². The number of hydrogen-bond donors (Lipinski definition) is 0. The fraction of sp³-hybridized carbons (Fsp3) is 0.158. The molecule has 0 saturated heterocycles. The van der Waals surface area contributed by atoms with Gasteiger partial charge in [-0.25, -0.2) is 0 Å². The number of aryl methyl sites for hydroxylation is 1. The van der Waals surface area contributed by atoms with Gasteiger partial charge >= 0.3 is 0 Å². The molecule has 4 nitrogen and oxygen atoms in total. The number of rotatable bonds is 3. The molecule has 0 aliphatic heterocycles. The van der Waals surface area contributed by atoms with Crippen LogP contribution in [0.15, 0.2) is 63.8 Å². The van der Waals surface area contributed by atoms with E-state index in [0.717, 1.165) is 22.4 Å². The Balaban J connectivity index is 2.03. The summed E-state index contributed by atoms with van der Waals surface area (Å²) < 4.78 is 5.85. The lowest BCUT2D eigenvalue weighted by Crippen LogP contribution is -2.08. The first-order valence-corrected chi connectivity index (χ1v) is 7.40. The molecule has 0 aliphatic rings. The van der Waals surface area contributed by atoms with Crippen LogP contribution in [0.5, 0.6) is 0 Å². The summed E-state index contributed by atoms with van der Waals surface area (Å²) in [6.45, 7) is 2.02. The van der Waals surface area contributed by atoms with Crippen LogP contribution in [-0.2, 0) is 0 Å². The molecule has 0 aliphatic carbocycles. The van der Waals surface area contributed by atoms with Crippen LogP contribution in [0.4, 0.5) is 5.69 Å². The van der Waals surface area contributed by atoms with Crippen molar-refractivity contribution in [2.45, 2.75) is 6.92 Å². The van der Waals surface area contributed by atoms with E-state index in [1.165, 1.54) is 6.07 Å². The number of nitrogens with zero attached hydrogens (tertiary/aromatic N) is 2. The molecule has 0 amide bonds. The topological polar surface area (TPSA) is 46.3 Å². The van der Waals surface area contributed by atoms with Gasteiger partial charge in [0.15, 0.2) is 0 Å². The van der Waals surface area contributed by atoms with Gasteiger partial charge in [-0.3, -0.25) is 4.79 Å². The number of anilines is 1. The lowest BCUT2D eigenvalue weighted by molar-refractivity contribution is 0.557. The summed E-state index contributed by atoms with van der Waals surface area (Å²) >= 11 is 0. The maximum Gasteiger partial charge on any atom is 0.276 e. The highest BCUT2D eigenvalue weighted by molar-refractivity contribution is 5.62. The van der Waals surface area contributed by atoms with Crippen molar-refractivity contribution in [2.24, 2.45) is 0 Å². The summed E-state index contributed by atoms with van der Waals surface area (Å²) in [5.74, 6) is 0.857. The van der Waals surface area contributed by atoms with Gasteiger partial charge in [-0.2, -0.15) is 4.98 Å². The minimum atomic E-state index is -0.307. The van der Waals surface area contributed by atoms with Crippen LogP contribution in [0.3, 0.4) is 0 Å². The Kier molecular flexibility index (Phi) is 3.98. The molecule has 3 aromatic rings. The van der Waals surface area contributed by atoms with Crippen molar-refractivity contribution in [1.29, 1.82) is 0 Å². The molecule has 1 aromatic heterocycles. The molecule has 2 aromatic carbocycles. The van der Waals surface area contributed by atoms with Crippen LogP contribution in [0.2, 0.25) is 0 Å². The first kappa shape index (κ1) is 15.0. The van der Waals surface area contributed by atoms with Gasteiger partial charge in [0, 0.05) is 37.0 Å². The molecule has 0 spiro atoms. The van der Waals surface area contributed by atoms with Crippen molar-refractivity contribution in [3.8, 4) is 22.8 Å². The Bertz CT molecular complexity index is 863. The molecular weight excluding hydrogens is 288 g/mol. The van der Waals surface area contributed by atoms with Crippen LogP contribution in [-0.4, -0.2) is 19.1 Å². The molecule has 0 atom stereocenters. The van der Waals surface area contributed by atoms with E-state index >= 15 is 0 Å². The second-order valence-corrected chi connectivity index (χ2v) is 5.67. The Morgan fingerprint density at radius 2 is 1.52 bits per heavy atom. The second kappa shape index (κ2) is 6.08. The first-order chi connectivity index (χ1) is 11.0. The lowest BCUT2D eigenvalue weighted by atomic mass is 10.1. The Labute approximate surface area is 135 Å². The van der Waals surface area contributed by atoms with Gasteiger partial charge in [0.1, 0.15) is 5.76 Å². The Morgan fingerprint density at radius 3 is 2.13 bits per heavy atom. The summed E-state index contributed by atoms with van der Waals surface area (Å²) in [6.07, 6.45) is 0. The third-order valence-electron chi connectivity index (χ3n) is 3.64. The molecule has 3 rings (SSSR count). The van der Waals surface area contributed by atoms with Gasteiger partial charge in [0.2, 0.25) is 5.89 Å². The van der Waals surface area contributed by atoms with Crippen LogP contribution in [0.25, 0.3) is 22.8 Å². The van der Waals surface area contributed by atoms with Crippen LogP contribution in [0.1, 0.15) is 5.56 Å². The van der Waals surface area contributed by atoms with Crippen LogP contribution < -0.4 is 10.5 Å². The number of aromatic nitrogens is 1. The molecule has 0 bridgehead atoms. The Hall–Kier alpha value is -2.88. The van der Waals surface area contributed by atoms with E-state index in [-0.39, 0.29) is 5.56 Å². The normalized spacial score (nSPS) is 10.6. The minimum Gasteiger partial charge on any atom is -0.437 e. The molecule has 23 heavy (non-hydrogen) atoms. The predicted molar refractivity (Wildman–Crippen MR) is 92.7 cm³/mol. The van der Waals surface area contributed by atoms with E-state index in [9.17, 15) is 4.79 Å². The molecule has 0 radical (unpaired) electrons. The summed E-state index contributed by atoms with van der Waals surface area (Å²) in [6, 6.07) is 17.0. The van der Waals surface area contributed by atoms with E-state index < -0.39 is 0 Å². The first-order valence-electron chi connectivity index (χ1n) is 7.40. The maximum absolute atomic E-state index is 11.9. The largest absolute Gasteiger partial charge is 0.437 e. The van der Waals surface area contributed by atoms with E-state index in [4.69, 9.17) is 4.42 Å². The highest BCUT2D eigenvalue weighted by atomic mass is 16.3. The zero-order valence-corrected chi connectivity index (χ0v) is 13.4. The summed E-state index contributed by atoms with van der Waals surface area (Å²) in [4.78, 5) is 17.9. The van der Waals surface area contributed by atoms with Crippen molar-refractivity contribution in [2.75, 3.05) is 19.0 Å². The summed E-state index contributed by atoms with van der Waals surface area (Å²) in [7, 11) is 3.96. The van der Waals surface area contributed by atoms with E-state index in [1.54, 1.807) is 0 Å². The van der Waals surface area contributed by atoms with Crippen LogP contribution >= 0.6 is 0 Å². The number of benzene rings is 2. The molecule has 1 heterocycles. The average molecular weight is 306 g/mol. The molecule has 116 valence electrons. The van der Waals surface area contributed by atoms with Crippen molar-refractivity contribution in [3.05, 3.63) is 70.5 Å². The molecule has 0 saturated carbocycles. The van der Waals surface area contributed by atoms with E-state index in [0.29, 0.717) is 11.7 Å². The highest BCUT2D eigenvalue weighted by Crippen LogP contribution is 2.25. The average Bonchev–Trinajstić information content (AvgIpc) is 2.55. The molecule has 4 heteroatoms. The Morgan fingerprint density at radius 1 is 0.913 bits per heavy atom. The highest BCUT2D eigenvalue weighted by Gasteiger charge is 2.09. The lowest BCUT2D eigenvalue weighted by Gasteiger charge is -2.12. The van der Waals surface area contributed by atoms with Gasteiger partial charge in [-0.1, -0.05) is 29.8 Å². The third kappa shape index (κ3) is 3.31. The van der Waals surface area contributed by atoms with Gasteiger partial charge in [-0.15, -0.1) is 0 Å². The zero-order valence-electron chi connectivity index (χ0n) is 13.4. The fourth-order valence-corrected chi connectivity index (χ4v) is 2.29. The maximum atomic E-state index is 11.9. The van der Waals surface area contributed by atoms with Crippen molar-refractivity contribution >= 4 is 5.69 Å². The SMILES string of the molecule is Cc1ccc(-c2cc(=O)nc(-c3ccc(N(C)C)cc3)o2)cc1. The predicted octanol–water partition coefficient (Wildman–Crippen LogP) is 3.74. The van der Waals surface area contributed by atoms with Crippen molar-refractivity contribution < 1.29 is 4.42 Å². The molecule has 0 N–H and O–H groups in total. The van der Waals surface area contributed by atoms with E-state index in [2.05, 4.69) is 4.98 Å². The van der Waals surface area contributed by atoms with Gasteiger partial charge < -0.3 is 9.32 Å². The smallest absolute Gasteiger partial charge is 0.276 e. The van der Waals surface area contributed by atoms with Crippen molar-refractivity contribution in [1.82, 2.24) is 4.98 Å². The van der Waals surface area contributed by atoms with Gasteiger partial charge in [0.25, 0.3) is 5.56 Å². The monoisotopic (exact) mass is 306 g/mol. The summed E-state index contributed by atoms with van der Waals surface area (Å²) in [5.41, 5.74) is 3.57. The van der Waals surface area contributed by atoms with Crippen molar-refractivity contribution in [3.63, 3.8) is 0 Å².